The van der Waals surface area contributed by atoms with Crippen molar-refractivity contribution in [1.82, 2.24) is 10.2 Å². The minimum absolute atomic E-state index is 0.0843. The number of phenolic OH excluding ortho intramolecular Hbond substituents is 1. The van der Waals surface area contributed by atoms with Crippen LogP contribution in [0.15, 0.2) is 18.2 Å². The van der Waals surface area contributed by atoms with Crippen molar-refractivity contribution in [2.75, 3.05) is 13.1 Å². The molecular weight excluding hydrogens is 300 g/mol. The molecule has 1 amide bonds. The summed E-state index contributed by atoms with van der Waals surface area (Å²) in [5.41, 5.74) is 1.73. The maximum absolute atomic E-state index is 12.5. The average Bonchev–Trinajstić information content (AvgIpc) is 2.89. The Morgan fingerprint density at radius 3 is 2.75 bits per heavy atom. The molecule has 1 heterocycles. The summed E-state index contributed by atoms with van der Waals surface area (Å²) in [6.07, 6.45) is 6.14. The van der Waals surface area contributed by atoms with Crippen LogP contribution in [0.3, 0.4) is 0 Å². The molecule has 1 unspecified atom stereocenters. The number of benzene rings is 1. The van der Waals surface area contributed by atoms with Crippen molar-refractivity contribution >= 4 is 5.91 Å². The first kappa shape index (κ1) is 17.3. The van der Waals surface area contributed by atoms with E-state index in [2.05, 4.69) is 19.2 Å². The van der Waals surface area contributed by atoms with Crippen LogP contribution in [0.5, 0.6) is 5.75 Å². The molecule has 0 spiro atoms. The van der Waals surface area contributed by atoms with Crippen molar-refractivity contribution in [2.45, 2.75) is 58.5 Å². The molecule has 1 fully saturated rings. The highest BCUT2D eigenvalue weighted by Gasteiger charge is 2.31. The van der Waals surface area contributed by atoms with Gasteiger partial charge in [-0.15, -0.1) is 0 Å². The summed E-state index contributed by atoms with van der Waals surface area (Å²) < 4.78 is 0. The molecule has 1 saturated carbocycles. The second-order valence-electron chi connectivity index (χ2n) is 7.55. The Labute approximate surface area is 145 Å². The van der Waals surface area contributed by atoms with E-state index in [1.807, 2.05) is 11.0 Å². The number of nitrogens with zero attached hydrogens (tertiary/aromatic N) is 1. The number of amides is 1. The van der Waals surface area contributed by atoms with Crippen molar-refractivity contribution in [2.24, 2.45) is 11.8 Å². The van der Waals surface area contributed by atoms with E-state index in [4.69, 9.17) is 0 Å². The molecule has 24 heavy (non-hydrogen) atoms. The second-order valence-corrected chi connectivity index (χ2v) is 7.55. The van der Waals surface area contributed by atoms with Crippen molar-refractivity contribution in [3.63, 3.8) is 0 Å². The van der Waals surface area contributed by atoms with Crippen LogP contribution in [0.2, 0.25) is 0 Å². The van der Waals surface area contributed by atoms with Crippen LogP contribution in [-0.2, 0) is 6.54 Å². The summed E-state index contributed by atoms with van der Waals surface area (Å²) >= 11 is 0. The molecule has 3 rings (SSSR count). The molecule has 0 radical (unpaired) electrons. The highest BCUT2D eigenvalue weighted by Crippen LogP contribution is 2.33. The Bertz CT molecular complexity index is 579. The molecule has 1 atom stereocenters. The monoisotopic (exact) mass is 330 g/mol. The van der Waals surface area contributed by atoms with E-state index >= 15 is 0 Å². The lowest BCUT2D eigenvalue weighted by molar-refractivity contribution is 0.0725. The number of hydrogen-bond acceptors (Lipinski definition) is 3. The fourth-order valence-electron chi connectivity index (χ4n) is 4.22. The largest absolute Gasteiger partial charge is 0.508 e. The number of carbonyl (C=O) groups is 1. The minimum atomic E-state index is 0.0843. The number of carbonyl (C=O) groups excluding carboxylic acids is 1. The quantitative estimate of drug-likeness (QED) is 0.839. The summed E-state index contributed by atoms with van der Waals surface area (Å²) in [4.78, 5) is 14.5. The van der Waals surface area contributed by atoms with Crippen molar-refractivity contribution in [3.8, 4) is 5.75 Å². The van der Waals surface area contributed by atoms with Gasteiger partial charge in [0.15, 0.2) is 0 Å². The molecule has 132 valence electrons. The summed E-state index contributed by atoms with van der Waals surface area (Å²) in [7, 11) is 0. The summed E-state index contributed by atoms with van der Waals surface area (Å²) in [5, 5.41) is 13.2. The Kier molecular flexibility index (Phi) is 5.44. The Morgan fingerprint density at radius 2 is 2.04 bits per heavy atom. The predicted molar refractivity (Wildman–Crippen MR) is 96.1 cm³/mol. The number of nitrogens with one attached hydrogen (secondary N) is 1. The van der Waals surface area contributed by atoms with Crippen LogP contribution in [0.1, 0.15) is 61.9 Å². The predicted octanol–water partition coefficient (Wildman–Crippen LogP) is 3.54. The third kappa shape index (κ3) is 3.75. The van der Waals surface area contributed by atoms with E-state index < -0.39 is 0 Å². The van der Waals surface area contributed by atoms with E-state index in [9.17, 15) is 9.90 Å². The van der Waals surface area contributed by atoms with Crippen LogP contribution in [0.25, 0.3) is 0 Å². The molecule has 0 saturated heterocycles. The molecule has 1 aliphatic heterocycles. The molecule has 2 aliphatic rings. The molecule has 0 bridgehead atoms. The van der Waals surface area contributed by atoms with Crippen molar-refractivity contribution in [3.05, 3.63) is 29.3 Å². The zero-order chi connectivity index (χ0) is 17.1. The van der Waals surface area contributed by atoms with Crippen LogP contribution in [0, 0.1) is 11.8 Å². The number of phenols is 1. The van der Waals surface area contributed by atoms with Gasteiger partial charge in [-0.25, -0.2) is 0 Å². The normalized spacial score (nSPS) is 24.9. The standard InChI is InChI=1S/C20H30N2O2/c1-3-10-21-14(2)16-6-4-15(5-7-16)12-22-13-17-8-9-18(23)11-19(17)20(22)24/h8-9,11,14-16,21,23H,3-7,10,12-13H2,1-2H3. The van der Waals surface area contributed by atoms with Crippen LogP contribution >= 0.6 is 0 Å². The van der Waals surface area contributed by atoms with Crippen LogP contribution in [0.4, 0.5) is 0 Å². The van der Waals surface area contributed by atoms with E-state index in [0.29, 0.717) is 24.1 Å². The van der Waals surface area contributed by atoms with Gasteiger partial charge < -0.3 is 15.3 Å². The fraction of sp³-hybridized carbons (Fsp3) is 0.650. The van der Waals surface area contributed by atoms with Gasteiger partial charge in [-0.1, -0.05) is 13.0 Å². The van der Waals surface area contributed by atoms with Gasteiger partial charge in [0.2, 0.25) is 0 Å². The number of hydrogen-bond donors (Lipinski definition) is 2. The van der Waals surface area contributed by atoms with Gasteiger partial charge in [0.1, 0.15) is 5.75 Å². The maximum Gasteiger partial charge on any atom is 0.254 e. The van der Waals surface area contributed by atoms with E-state index in [1.54, 1.807) is 12.1 Å². The molecule has 2 N–H and O–H groups in total. The van der Waals surface area contributed by atoms with E-state index in [0.717, 1.165) is 24.6 Å². The minimum Gasteiger partial charge on any atom is -0.508 e. The van der Waals surface area contributed by atoms with Gasteiger partial charge in [-0.05, 0) is 75.1 Å². The van der Waals surface area contributed by atoms with E-state index in [-0.39, 0.29) is 11.7 Å². The third-order valence-electron chi connectivity index (χ3n) is 5.77. The van der Waals surface area contributed by atoms with Crippen LogP contribution in [-0.4, -0.2) is 35.0 Å². The lowest BCUT2D eigenvalue weighted by Gasteiger charge is -2.34. The van der Waals surface area contributed by atoms with Gasteiger partial charge >= 0.3 is 0 Å². The number of aromatic hydroxyl groups is 1. The lowest BCUT2D eigenvalue weighted by atomic mass is 9.78. The van der Waals surface area contributed by atoms with Gasteiger partial charge in [-0.3, -0.25) is 4.79 Å². The maximum atomic E-state index is 12.5. The van der Waals surface area contributed by atoms with Gasteiger partial charge in [0.05, 0.1) is 0 Å². The first-order valence-electron chi connectivity index (χ1n) is 9.43. The summed E-state index contributed by atoms with van der Waals surface area (Å²) in [6.45, 7) is 7.18. The molecule has 0 aromatic heterocycles. The molecule has 1 aromatic carbocycles. The summed E-state index contributed by atoms with van der Waals surface area (Å²) in [5.74, 6) is 1.65. The highest BCUT2D eigenvalue weighted by atomic mass is 16.3. The topological polar surface area (TPSA) is 52.6 Å². The zero-order valence-corrected chi connectivity index (χ0v) is 14.9. The molecular formula is C20H30N2O2. The SMILES string of the molecule is CCCNC(C)C1CCC(CN2Cc3ccc(O)cc3C2=O)CC1. The molecule has 4 heteroatoms. The second kappa shape index (κ2) is 7.56. The van der Waals surface area contributed by atoms with Crippen molar-refractivity contribution < 1.29 is 9.90 Å². The number of rotatable bonds is 6. The number of fused-ring (bicyclic) bond motifs is 1. The smallest absolute Gasteiger partial charge is 0.254 e. The first-order valence-corrected chi connectivity index (χ1v) is 9.43. The Hall–Kier alpha value is -1.55. The highest BCUT2D eigenvalue weighted by molar-refractivity contribution is 5.98. The van der Waals surface area contributed by atoms with Gasteiger partial charge in [0.25, 0.3) is 5.91 Å². The average molecular weight is 330 g/mol. The Balaban J connectivity index is 1.50. The molecule has 1 aliphatic carbocycles. The van der Waals surface area contributed by atoms with Crippen molar-refractivity contribution in [1.29, 1.82) is 0 Å². The first-order chi connectivity index (χ1) is 11.6. The third-order valence-corrected chi connectivity index (χ3v) is 5.77. The van der Waals surface area contributed by atoms with Crippen LogP contribution < -0.4 is 5.32 Å². The fourth-order valence-corrected chi connectivity index (χ4v) is 4.22. The van der Waals surface area contributed by atoms with Gasteiger partial charge in [-0.2, -0.15) is 0 Å². The van der Waals surface area contributed by atoms with Gasteiger partial charge in [0, 0.05) is 24.7 Å². The zero-order valence-electron chi connectivity index (χ0n) is 14.9. The molecule has 4 nitrogen and oxygen atoms in total. The lowest BCUT2D eigenvalue weighted by Crippen LogP contribution is -2.38. The molecule has 1 aromatic rings. The van der Waals surface area contributed by atoms with E-state index in [1.165, 1.54) is 32.1 Å². The summed E-state index contributed by atoms with van der Waals surface area (Å²) in [6, 6.07) is 5.76. The Morgan fingerprint density at radius 1 is 1.29 bits per heavy atom.